The highest BCUT2D eigenvalue weighted by molar-refractivity contribution is 6.09. The van der Waals surface area contributed by atoms with Crippen LogP contribution in [0.25, 0.3) is 76.5 Å². The molecule has 2 atom stereocenters. The summed E-state index contributed by atoms with van der Waals surface area (Å²) in [7, 11) is 0. The molecule has 12 aromatic carbocycles. The Hall–Kier alpha value is -9.16. The summed E-state index contributed by atoms with van der Waals surface area (Å²) in [5.41, 5.74) is 10.4. The molecule has 0 spiro atoms. The molecule has 0 aromatic heterocycles. The van der Waals surface area contributed by atoms with Crippen LogP contribution in [0, 0.1) is 0 Å². The van der Waals surface area contributed by atoms with Crippen molar-refractivity contribution in [2.24, 2.45) is 0 Å². The van der Waals surface area contributed by atoms with Crippen LogP contribution in [0.15, 0.2) is 255 Å². The second-order valence-electron chi connectivity index (χ2n) is 19.1. The van der Waals surface area contributed by atoms with Crippen molar-refractivity contribution in [1.29, 1.82) is 0 Å². The van der Waals surface area contributed by atoms with Crippen molar-refractivity contribution in [3.05, 3.63) is 277 Å². The summed E-state index contributed by atoms with van der Waals surface area (Å²) in [6.45, 7) is 1.44. The molecule has 13 rings (SSSR count). The highest BCUT2D eigenvalue weighted by Crippen LogP contribution is 2.46. The van der Waals surface area contributed by atoms with Gasteiger partial charge in [0.15, 0.2) is 0 Å². The van der Waals surface area contributed by atoms with Crippen LogP contribution in [-0.4, -0.2) is 26.4 Å². The molecular formula is C70H52O5. The summed E-state index contributed by atoms with van der Waals surface area (Å²) >= 11 is 0. The first-order valence-electron chi connectivity index (χ1n) is 25.8. The summed E-state index contributed by atoms with van der Waals surface area (Å²) in [4.78, 5) is 0. The second-order valence-corrected chi connectivity index (χ2v) is 19.1. The first-order valence-corrected chi connectivity index (χ1v) is 25.8. The number of hydrogen-bond donors (Lipinski definition) is 0. The van der Waals surface area contributed by atoms with E-state index in [-0.39, 0.29) is 0 Å². The van der Waals surface area contributed by atoms with E-state index in [1.54, 1.807) is 0 Å². The van der Waals surface area contributed by atoms with Gasteiger partial charge in [-0.25, -0.2) is 0 Å². The average Bonchev–Trinajstić information content (AvgIpc) is 3.47. The van der Waals surface area contributed by atoms with Gasteiger partial charge in [-0.05, 0) is 136 Å². The summed E-state index contributed by atoms with van der Waals surface area (Å²) in [5, 5.41) is 8.77. The van der Waals surface area contributed by atoms with E-state index in [2.05, 4.69) is 255 Å². The molecule has 0 fully saturated rings. The van der Waals surface area contributed by atoms with Gasteiger partial charge in [0.25, 0.3) is 0 Å². The Morgan fingerprint density at radius 2 is 0.667 bits per heavy atom. The topological polar surface area (TPSA) is 46.2 Å². The molecule has 8 bridgehead atoms. The first-order chi connectivity index (χ1) is 37.2. The standard InChI is InChI=1S/C70H52O5/c1-3-19-49(20-4-1)69-55-27-15-25-51(41-55)52-26-16-28-56(42-52)70(50-21-5-2-6-22-50)75-58-44-54-24-10-12-30-60(54)64(46-58)68-62-32-14-8-18-48(62)34-36-66(68)73-40-38-71-37-39-72-65-35-33-47-17-7-13-31-61(47)67(65)63-45-57(74-69)43-53-23-9-11-29-59(53)63/h1-36,41-46,69-70H,37-40H2/t69-,70+. The maximum Gasteiger partial charge on any atom is 0.149 e. The van der Waals surface area contributed by atoms with E-state index in [9.17, 15) is 0 Å². The van der Waals surface area contributed by atoms with Crippen LogP contribution in [0.4, 0.5) is 0 Å². The Balaban J connectivity index is 0.979. The molecule has 0 aliphatic carbocycles. The second kappa shape index (κ2) is 20.4. The lowest BCUT2D eigenvalue weighted by molar-refractivity contribution is 0.0767. The van der Waals surface area contributed by atoms with E-state index in [0.717, 1.165) is 122 Å². The maximum absolute atomic E-state index is 7.32. The number of ether oxygens (including phenoxy) is 5. The Morgan fingerprint density at radius 3 is 1.12 bits per heavy atom. The Morgan fingerprint density at radius 1 is 0.280 bits per heavy atom. The van der Waals surface area contributed by atoms with Crippen LogP contribution in [-0.2, 0) is 4.74 Å². The van der Waals surface area contributed by atoms with E-state index in [1.807, 2.05) is 0 Å². The molecule has 0 amide bonds. The number of hydrogen-bond acceptors (Lipinski definition) is 5. The van der Waals surface area contributed by atoms with Gasteiger partial charge in [-0.15, -0.1) is 0 Å². The van der Waals surface area contributed by atoms with Gasteiger partial charge in [0.2, 0.25) is 0 Å². The fraction of sp³-hybridized carbons (Fsp3) is 0.0857. The summed E-state index contributed by atoms with van der Waals surface area (Å²) in [6.07, 6.45) is -0.861. The summed E-state index contributed by atoms with van der Waals surface area (Å²) in [6, 6.07) is 89.7. The summed E-state index contributed by atoms with van der Waals surface area (Å²) in [5.74, 6) is 3.05. The fourth-order valence-corrected chi connectivity index (χ4v) is 10.9. The van der Waals surface area contributed by atoms with Gasteiger partial charge in [0.1, 0.15) is 48.4 Å². The van der Waals surface area contributed by atoms with Gasteiger partial charge >= 0.3 is 0 Å². The highest BCUT2D eigenvalue weighted by atomic mass is 16.5. The molecule has 1 aliphatic heterocycles. The van der Waals surface area contributed by atoms with Gasteiger partial charge in [0.05, 0.1) is 13.2 Å². The van der Waals surface area contributed by atoms with Crippen molar-refractivity contribution < 1.29 is 23.7 Å². The van der Waals surface area contributed by atoms with E-state index in [1.165, 1.54) is 0 Å². The largest absolute Gasteiger partial charge is 0.491 e. The monoisotopic (exact) mass is 972 g/mol. The van der Waals surface area contributed by atoms with Crippen LogP contribution < -0.4 is 18.9 Å². The normalized spacial score (nSPS) is 15.1. The molecule has 12 aromatic rings. The van der Waals surface area contributed by atoms with Crippen molar-refractivity contribution in [1.82, 2.24) is 0 Å². The molecule has 0 saturated heterocycles. The van der Waals surface area contributed by atoms with Crippen LogP contribution >= 0.6 is 0 Å². The quantitative estimate of drug-likeness (QED) is 0.173. The van der Waals surface area contributed by atoms with Gasteiger partial charge < -0.3 is 23.7 Å². The molecular weight excluding hydrogens is 921 g/mol. The lowest BCUT2D eigenvalue weighted by Gasteiger charge is -2.23. The molecule has 5 heteroatoms. The van der Waals surface area contributed by atoms with Crippen molar-refractivity contribution in [2.75, 3.05) is 26.4 Å². The molecule has 1 aliphatic rings. The van der Waals surface area contributed by atoms with Crippen LogP contribution in [0.1, 0.15) is 34.5 Å². The molecule has 75 heavy (non-hydrogen) atoms. The van der Waals surface area contributed by atoms with Crippen LogP contribution in [0.2, 0.25) is 0 Å². The van der Waals surface area contributed by atoms with Gasteiger partial charge in [-0.1, -0.05) is 206 Å². The third kappa shape index (κ3) is 9.20. The number of rotatable bonds is 2. The van der Waals surface area contributed by atoms with Gasteiger partial charge in [-0.3, -0.25) is 0 Å². The van der Waals surface area contributed by atoms with Gasteiger partial charge in [0, 0.05) is 11.1 Å². The molecule has 5 nitrogen and oxygen atoms in total. The third-order valence-corrected chi connectivity index (χ3v) is 14.4. The van der Waals surface area contributed by atoms with Crippen LogP contribution in [0.5, 0.6) is 23.0 Å². The van der Waals surface area contributed by atoms with E-state index >= 15 is 0 Å². The third-order valence-electron chi connectivity index (χ3n) is 14.4. The average molecular weight is 973 g/mol. The molecule has 1 heterocycles. The zero-order chi connectivity index (χ0) is 49.9. The Labute approximate surface area is 436 Å². The van der Waals surface area contributed by atoms with Gasteiger partial charge in [-0.2, -0.15) is 0 Å². The highest BCUT2D eigenvalue weighted by Gasteiger charge is 2.24. The van der Waals surface area contributed by atoms with Crippen molar-refractivity contribution in [3.63, 3.8) is 0 Å². The number of benzene rings is 12. The maximum atomic E-state index is 7.32. The molecule has 0 unspecified atom stereocenters. The van der Waals surface area contributed by atoms with Crippen molar-refractivity contribution >= 4 is 43.1 Å². The lowest BCUT2D eigenvalue weighted by Crippen LogP contribution is -2.13. The molecule has 362 valence electrons. The smallest absolute Gasteiger partial charge is 0.149 e. The van der Waals surface area contributed by atoms with E-state index in [0.29, 0.717) is 26.4 Å². The lowest BCUT2D eigenvalue weighted by atomic mass is 9.92. The minimum atomic E-state index is -0.430. The van der Waals surface area contributed by atoms with E-state index in [4.69, 9.17) is 23.7 Å². The fourth-order valence-electron chi connectivity index (χ4n) is 10.9. The predicted molar refractivity (Wildman–Crippen MR) is 305 cm³/mol. The molecule has 0 radical (unpaired) electrons. The SMILES string of the molecule is c1ccc([C@H]2Oc3cc(c4ccccc4c3)-c3c(ccc4ccccc34)OCCOCCOc3ccc4ccccc4c3-c3cc(cc4ccccc34)O[C@@H](c3ccccc3)c3cccc(c3)-c3cccc2c3)cc1. The Bertz CT molecular complexity index is 3760. The minimum Gasteiger partial charge on any atom is -0.491 e. The van der Waals surface area contributed by atoms with E-state index < -0.39 is 12.2 Å². The minimum absolute atomic E-state index is 0.346. The summed E-state index contributed by atoms with van der Waals surface area (Å²) < 4.78 is 34.4. The zero-order valence-electron chi connectivity index (χ0n) is 41.3. The number of fused-ring (bicyclic) bond motifs is 21. The Kier molecular flexibility index (Phi) is 12.4. The molecule has 0 saturated carbocycles. The zero-order valence-corrected chi connectivity index (χ0v) is 41.3. The van der Waals surface area contributed by atoms with Crippen molar-refractivity contribution in [2.45, 2.75) is 12.2 Å². The molecule has 0 N–H and O–H groups in total. The van der Waals surface area contributed by atoms with Crippen molar-refractivity contribution in [3.8, 4) is 56.4 Å². The van der Waals surface area contributed by atoms with Crippen LogP contribution in [0.3, 0.4) is 0 Å². The first kappa shape index (κ1) is 45.7. The predicted octanol–water partition coefficient (Wildman–Crippen LogP) is 17.4.